The van der Waals surface area contributed by atoms with Crippen LogP contribution in [0, 0.1) is 10.1 Å². The van der Waals surface area contributed by atoms with Crippen molar-refractivity contribution in [1.82, 2.24) is 15.0 Å². The second-order valence-corrected chi connectivity index (χ2v) is 4.03. The molecule has 0 saturated carbocycles. The van der Waals surface area contributed by atoms with Crippen molar-refractivity contribution in [3.63, 3.8) is 0 Å². The summed E-state index contributed by atoms with van der Waals surface area (Å²) in [5.41, 5.74) is 0.807. The van der Waals surface area contributed by atoms with Gasteiger partial charge >= 0.3 is 0 Å². The van der Waals surface area contributed by atoms with Crippen molar-refractivity contribution in [2.45, 2.75) is 13.2 Å². The summed E-state index contributed by atoms with van der Waals surface area (Å²) in [5, 5.41) is 27.6. The number of halogens is 1. The Morgan fingerprint density at radius 1 is 1.50 bits per heavy atom. The van der Waals surface area contributed by atoms with Crippen LogP contribution in [0.2, 0.25) is 5.02 Å². The van der Waals surface area contributed by atoms with Gasteiger partial charge in [0.1, 0.15) is 5.69 Å². The smallest absolute Gasteiger partial charge is 0.274 e. The zero-order valence-corrected chi connectivity index (χ0v) is 9.91. The molecule has 1 aromatic carbocycles. The molecule has 0 aliphatic rings. The van der Waals surface area contributed by atoms with Gasteiger partial charge in [-0.2, -0.15) is 0 Å². The van der Waals surface area contributed by atoms with Gasteiger partial charge in [-0.3, -0.25) is 10.1 Å². The van der Waals surface area contributed by atoms with E-state index in [4.69, 9.17) is 16.7 Å². The normalized spacial score (nSPS) is 10.6. The third kappa shape index (κ3) is 2.63. The number of aliphatic hydroxyl groups excluding tert-OH is 1. The molecule has 0 aliphatic carbocycles. The van der Waals surface area contributed by atoms with Crippen LogP contribution >= 0.6 is 11.6 Å². The Morgan fingerprint density at radius 3 is 2.89 bits per heavy atom. The van der Waals surface area contributed by atoms with Gasteiger partial charge in [0.15, 0.2) is 0 Å². The zero-order chi connectivity index (χ0) is 13.1. The second-order valence-electron chi connectivity index (χ2n) is 3.60. The molecule has 8 heteroatoms. The summed E-state index contributed by atoms with van der Waals surface area (Å²) < 4.78 is 1.41. The standard InChI is InChI=1S/C10H9ClN4O3/c11-8-1-2-10(15(17)18)7(3-8)4-14-5-9(6-16)12-13-14/h1-3,5,16H,4,6H2. The lowest BCUT2D eigenvalue weighted by atomic mass is 10.2. The number of nitro groups is 1. The third-order valence-electron chi connectivity index (χ3n) is 2.32. The molecular weight excluding hydrogens is 260 g/mol. The van der Waals surface area contributed by atoms with E-state index in [9.17, 15) is 10.1 Å². The van der Waals surface area contributed by atoms with Crippen molar-refractivity contribution < 1.29 is 10.0 Å². The van der Waals surface area contributed by atoms with Crippen LogP contribution in [0.5, 0.6) is 0 Å². The summed E-state index contributed by atoms with van der Waals surface area (Å²) in [6.45, 7) is -0.0541. The summed E-state index contributed by atoms with van der Waals surface area (Å²) >= 11 is 5.81. The number of nitro benzene ring substituents is 1. The molecule has 1 heterocycles. The van der Waals surface area contributed by atoms with Crippen LogP contribution in [-0.2, 0) is 13.2 Å². The minimum atomic E-state index is -0.477. The highest BCUT2D eigenvalue weighted by molar-refractivity contribution is 6.30. The Labute approximate surface area is 107 Å². The quantitative estimate of drug-likeness (QED) is 0.668. The summed E-state index contributed by atoms with van der Waals surface area (Å²) in [6.07, 6.45) is 1.52. The maximum atomic E-state index is 10.9. The Balaban J connectivity index is 2.32. The Morgan fingerprint density at radius 2 is 2.28 bits per heavy atom. The van der Waals surface area contributed by atoms with Gasteiger partial charge < -0.3 is 5.11 Å². The Kier molecular flexibility index (Phi) is 3.54. The monoisotopic (exact) mass is 268 g/mol. The van der Waals surface area contributed by atoms with Crippen LogP contribution < -0.4 is 0 Å². The first kappa shape index (κ1) is 12.5. The molecule has 94 valence electrons. The maximum Gasteiger partial charge on any atom is 0.274 e. The SMILES string of the molecule is O=[N+]([O-])c1ccc(Cl)cc1Cn1cc(CO)nn1. The van der Waals surface area contributed by atoms with Gasteiger partial charge in [-0.25, -0.2) is 4.68 Å². The van der Waals surface area contributed by atoms with E-state index < -0.39 is 4.92 Å². The number of nitrogens with zero attached hydrogens (tertiary/aromatic N) is 4. The van der Waals surface area contributed by atoms with Gasteiger partial charge in [0, 0.05) is 11.1 Å². The molecule has 0 spiro atoms. The van der Waals surface area contributed by atoms with Crippen molar-refractivity contribution in [2.75, 3.05) is 0 Å². The number of hydrogen-bond donors (Lipinski definition) is 1. The molecule has 0 unspecified atom stereocenters. The van der Waals surface area contributed by atoms with Gasteiger partial charge in [0.2, 0.25) is 0 Å². The van der Waals surface area contributed by atoms with E-state index >= 15 is 0 Å². The van der Waals surface area contributed by atoms with E-state index in [0.717, 1.165) is 0 Å². The lowest BCUT2D eigenvalue weighted by Gasteiger charge is -2.03. The first-order valence-electron chi connectivity index (χ1n) is 5.03. The summed E-state index contributed by atoms with van der Waals surface area (Å²) in [6, 6.07) is 4.32. The zero-order valence-electron chi connectivity index (χ0n) is 9.15. The van der Waals surface area contributed by atoms with Crippen molar-refractivity contribution in [3.8, 4) is 0 Å². The molecule has 0 aliphatic heterocycles. The fraction of sp³-hybridized carbons (Fsp3) is 0.200. The van der Waals surface area contributed by atoms with E-state index in [1.807, 2.05) is 0 Å². The number of aliphatic hydroxyl groups is 1. The largest absolute Gasteiger partial charge is 0.390 e. The van der Waals surface area contributed by atoms with Crippen LogP contribution in [0.4, 0.5) is 5.69 Å². The van der Waals surface area contributed by atoms with Crippen molar-refractivity contribution in [2.24, 2.45) is 0 Å². The van der Waals surface area contributed by atoms with Crippen LogP contribution in [0.3, 0.4) is 0 Å². The molecule has 0 radical (unpaired) electrons. The number of benzene rings is 1. The van der Waals surface area contributed by atoms with Crippen LogP contribution in [0.1, 0.15) is 11.3 Å². The molecular formula is C10H9ClN4O3. The number of hydrogen-bond acceptors (Lipinski definition) is 5. The number of rotatable bonds is 4. The first-order valence-corrected chi connectivity index (χ1v) is 5.40. The first-order chi connectivity index (χ1) is 8.60. The van der Waals surface area contributed by atoms with Gasteiger partial charge in [-0.1, -0.05) is 16.8 Å². The van der Waals surface area contributed by atoms with Gasteiger partial charge in [0.05, 0.1) is 29.8 Å². The van der Waals surface area contributed by atoms with E-state index in [0.29, 0.717) is 16.3 Å². The highest BCUT2D eigenvalue weighted by atomic mass is 35.5. The molecule has 2 aromatic rings. The van der Waals surface area contributed by atoms with E-state index in [1.54, 1.807) is 0 Å². The van der Waals surface area contributed by atoms with Crippen LogP contribution in [0.15, 0.2) is 24.4 Å². The van der Waals surface area contributed by atoms with Crippen molar-refractivity contribution >= 4 is 17.3 Å². The third-order valence-corrected chi connectivity index (χ3v) is 2.55. The van der Waals surface area contributed by atoms with E-state index in [-0.39, 0.29) is 18.8 Å². The minimum absolute atomic E-state index is 0.0274. The summed E-state index contributed by atoms with van der Waals surface area (Å²) in [4.78, 5) is 10.4. The minimum Gasteiger partial charge on any atom is -0.390 e. The lowest BCUT2D eigenvalue weighted by Crippen LogP contribution is -2.04. The maximum absolute atomic E-state index is 10.9. The Hall–Kier alpha value is -1.99. The molecule has 0 saturated heterocycles. The molecule has 1 N–H and O–H groups in total. The predicted molar refractivity (Wildman–Crippen MR) is 63.2 cm³/mol. The fourth-order valence-electron chi connectivity index (χ4n) is 1.52. The molecule has 2 rings (SSSR count). The highest BCUT2D eigenvalue weighted by Crippen LogP contribution is 2.23. The second kappa shape index (κ2) is 5.11. The fourth-order valence-corrected chi connectivity index (χ4v) is 1.72. The molecule has 0 amide bonds. The predicted octanol–water partition coefficient (Wildman–Crippen LogP) is 1.38. The average molecular weight is 269 g/mol. The highest BCUT2D eigenvalue weighted by Gasteiger charge is 2.14. The summed E-state index contributed by atoms with van der Waals surface area (Å²) in [5.74, 6) is 0. The van der Waals surface area contributed by atoms with Crippen molar-refractivity contribution in [3.05, 3.63) is 50.8 Å². The molecule has 0 atom stereocenters. The number of aromatic nitrogens is 3. The average Bonchev–Trinajstić information content (AvgIpc) is 2.76. The molecule has 7 nitrogen and oxygen atoms in total. The molecule has 1 aromatic heterocycles. The van der Waals surface area contributed by atoms with Gasteiger partial charge in [-0.15, -0.1) is 5.10 Å². The summed E-state index contributed by atoms with van der Waals surface area (Å²) in [7, 11) is 0. The van der Waals surface area contributed by atoms with E-state index in [2.05, 4.69) is 10.3 Å². The van der Waals surface area contributed by atoms with Crippen LogP contribution in [0.25, 0.3) is 0 Å². The molecule has 18 heavy (non-hydrogen) atoms. The van der Waals surface area contributed by atoms with E-state index in [1.165, 1.54) is 29.1 Å². The van der Waals surface area contributed by atoms with Gasteiger partial charge in [-0.05, 0) is 12.1 Å². The van der Waals surface area contributed by atoms with Crippen LogP contribution in [-0.4, -0.2) is 25.0 Å². The molecule has 0 fully saturated rings. The topological polar surface area (TPSA) is 94.1 Å². The molecule has 0 bridgehead atoms. The van der Waals surface area contributed by atoms with Gasteiger partial charge in [0.25, 0.3) is 5.69 Å². The van der Waals surface area contributed by atoms with Crippen molar-refractivity contribution in [1.29, 1.82) is 0 Å². The Bertz CT molecular complexity index is 584. The lowest BCUT2D eigenvalue weighted by molar-refractivity contribution is -0.385.